The number of aromatic carboxylic acids is 1. The Morgan fingerprint density at radius 2 is 1.49 bits per heavy atom. The Hall–Kier alpha value is -2.95. The first-order valence-corrected chi connectivity index (χ1v) is 14.4. The van der Waals surface area contributed by atoms with Gasteiger partial charge in [-0.1, -0.05) is 114 Å². The van der Waals surface area contributed by atoms with E-state index >= 15 is 0 Å². The number of carboxylic acid groups (broad SMARTS) is 1. The molecule has 1 saturated carbocycles. The molecule has 0 aromatic heterocycles. The van der Waals surface area contributed by atoms with Gasteiger partial charge in [-0.25, -0.2) is 4.79 Å². The van der Waals surface area contributed by atoms with Crippen molar-refractivity contribution in [1.29, 1.82) is 0 Å². The van der Waals surface area contributed by atoms with Crippen molar-refractivity contribution in [3.63, 3.8) is 0 Å². The van der Waals surface area contributed by atoms with Gasteiger partial charge < -0.3 is 5.11 Å². The molecule has 1 amide bonds. The van der Waals surface area contributed by atoms with E-state index in [9.17, 15) is 14.7 Å². The topological polar surface area (TPSA) is 70.0 Å². The van der Waals surface area contributed by atoms with E-state index in [1.54, 1.807) is 12.1 Å². The lowest BCUT2D eigenvalue weighted by Gasteiger charge is -2.27. The number of amidine groups is 1. The molecule has 2 aromatic carbocycles. The Labute approximate surface area is 222 Å². The summed E-state index contributed by atoms with van der Waals surface area (Å²) >= 11 is 0. The van der Waals surface area contributed by atoms with Gasteiger partial charge in [0, 0.05) is 6.42 Å². The van der Waals surface area contributed by atoms with Gasteiger partial charge in [-0.15, -0.1) is 0 Å². The number of nitrogens with zero attached hydrogens (tertiary/aromatic N) is 2. The molecule has 0 saturated heterocycles. The first-order chi connectivity index (χ1) is 18.0. The molecule has 5 heteroatoms. The van der Waals surface area contributed by atoms with Crippen molar-refractivity contribution in [1.82, 2.24) is 4.90 Å². The second kappa shape index (κ2) is 13.0. The molecule has 37 heavy (non-hydrogen) atoms. The van der Waals surface area contributed by atoms with Crippen LogP contribution in [0.1, 0.15) is 113 Å². The van der Waals surface area contributed by atoms with Crippen LogP contribution in [0.2, 0.25) is 0 Å². The van der Waals surface area contributed by atoms with Gasteiger partial charge in [0.15, 0.2) is 0 Å². The molecular formula is C32H42N2O3. The Kier molecular flexibility index (Phi) is 9.54. The van der Waals surface area contributed by atoms with Crippen molar-refractivity contribution >= 4 is 17.7 Å². The van der Waals surface area contributed by atoms with Crippen molar-refractivity contribution in [3.05, 3.63) is 59.7 Å². The number of hydrogen-bond acceptors (Lipinski definition) is 3. The molecule has 1 N–H and O–H groups in total. The number of amides is 1. The normalized spacial score (nSPS) is 18.8. The Morgan fingerprint density at radius 1 is 0.892 bits per heavy atom. The molecule has 5 nitrogen and oxygen atoms in total. The summed E-state index contributed by atoms with van der Waals surface area (Å²) in [5.74, 6) is 0.219. The summed E-state index contributed by atoms with van der Waals surface area (Å²) in [4.78, 5) is 32.9. The monoisotopic (exact) mass is 502 g/mol. The van der Waals surface area contributed by atoms with Gasteiger partial charge in [-0.3, -0.25) is 14.7 Å². The SMILES string of the molecule is CCCCC1=NC2(CCCCCCCCCCC2)C(=O)N1Cc1ccc(-c2ccccc2C(=O)O)cc1. The van der Waals surface area contributed by atoms with Crippen LogP contribution in [0.25, 0.3) is 11.1 Å². The third-order valence-electron chi connectivity index (χ3n) is 8.00. The number of aliphatic imine (C=N–C) groups is 1. The molecule has 1 heterocycles. The fourth-order valence-corrected chi connectivity index (χ4v) is 5.83. The molecule has 1 aliphatic carbocycles. The minimum absolute atomic E-state index is 0.191. The minimum Gasteiger partial charge on any atom is -0.478 e. The third-order valence-corrected chi connectivity index (χ3v) is 8.00. The summed E-state index contributed by atoms with van der Waals surface area (Å²) in [6, 6.07) is 15.0. The molecule has 1 aliphatic heterocycles. The van der Waals surface area contributed by atoms with Crippen molar-refractivity contribution in [2.45, 2.75) is 109 Å². The number of carboxylic acids is 1. The average Bonchev–Trinajstić information content (AvgIpc) is 3.16. The largest absolute Gasteiger partial charge is 0.478 e. The van der Waals surface area contributed by atoms with Crippen LogP contribution in [-0.4, -0.2) is 33.3 Å². The number of hydrogen-bond donors (Lipinski definition) is 1. The zero-order valence-electron chi connectivity index (χ0n) is 22.4. The molecule has 198 valence electrons. The van der Waals surface area contributed by atoms with Crippen LogP contribution >= 0.6 is 0 Å². The van der Waals surface area contributed by atoms with E-state index in [1.165, 1.54) is 44.9 Å². The van der Waals surface area contributed by atoms with E-state index < -0.39 is 11.5 Å². The minimum atomic E-state index is -0.929. The van der Waals surface area contributed by atoms with Gasteiger partial charge in [0.1, 0.15) is 11.4 Å². The quantitative estimate of drug-likeness (QED) is 0.417. The number of benzene rings is 2. The zero-order chi connectivity index (χ0) is 26.1. The molecule has 0 unspecified atom stereocenters. The molecule has 0 atom stereocenters. The van der Waals surface area contributed by atoms with E-state index in [4.69, 9.17) is 4.99 Å². The summed E-state index contributed by atoms with van der Waals surface area (Å²) in [6.45, 7) is 2.70. The van der Waals surface area contributed by atoms with Gasteiger partial charge in [-0.05, 0) is 42.0 Å². The van der Waals surface area contributed by atoms with E-state index in [1.807, 2.05) is 41.3 Å². The lowest BCUT2D eigenvalue weighted by Crippen LogP contribution is -2.42. The summed E-state index contributed by atoms with van der Waals surface area (Å²) in [7, 11) is 0. The molecule has 0 radical (unpaired) electrons. The number of rotatable bonds is 7. The maximum atomic E-state index is 14.0. The van der Waals surface area contributed by atoms with Crippen LogP contribution in [0.5, 0.6) is 0 Å². The third kappa shape index (κ3) is 6.68. The second-order valence-corrected chi connectivity index (χ2v) is 10.8. The Morgan fingerprint density at radius 3 is 2.08 bits per heavy atom. The Bertz CT molecular complexity index is 1080. The lowest BCUT2D eigenvalue weighted by atomic mass is 9.85. The van der Waals surface area contributed by atoms with Crippen LogP contribution in [0.3, 0.4) is 0 Å². The molecule has 0 bridgehead atoms. The van der Waals surface area contributed by atoms with E-state index in [2.05, 4.69) is 6.92 Å². The van der Waals surface area contributed by atoms with Crippen LogP contribution in [-0.2, 0) is 11.3 Å². The van der Waals surface area contributed by atoms with Crippen molar-refractivity contribution in [3.8, 4) is 11.1 Å². The Balaban J connectivity index is 1.54. The van der Waals surface area contributed by atoms with Gasteiger partial charge in [0.05, 0.1) is 12.1 Å². The molecule has 4 rings (SSSR count). The van der Waals surface area contributed by atoms with Crippen molar-refractivity contribution < 1.29 is 14.7 Å². The molecule has 2 aliphatic rings. The summed E-state index contributed by atoms with van der Waals surface area (Å²) in [5, 5.41) is 9.56. The smallest absolute Gasteiger partial charge is 0.336 e. The standard InChI is InChI=1S/C32H42N2O3/c1-2-3-17-29-33-32(22-13-9-7-5-4-6-8-10-14-23-32)31(37)34(29)24-25-18-20-26(21-19-25)27-15-11-12-16-28(27)30(35)36/h11-12,15-16,18-21H,2-10,13-14,17,22-24H2,1H3,(H,35,36). The predicted molar refractivity (Wildman–Crippen MR) is 150 cm³/mol. The number of carbonyl (C=O) groups is 2. The van der Waals surface area contributed by atoms with Crippen molar-refractivity contribution in [2.24, 2.45) is 4.99 Å². The summed E-state index contributed by atoms with van der Waals surface area (Å²) in [5.41, 5.74) is 2.33. The number of unbranched alkanes of at least 4 members (excludes halogenated alkanes) is 1. The van der Waals surface area contributed by atoms with Crippen LogP contribution < -0.4 is 0 Å². The van der Waals surface area contributed by atoms with Crippen LogP contribution in [0.15, 0.2) is 53.5 Å². The molecule has 1 fully saturated rings. The van der Waals surface area contributed by atoms with Crippen LogP contribution in [0, 0.1) is 0 Å². The van der Waals surface area contributed by atoms with E-state index in [0.717, 1.165) is 61.9 Å². The zero-order valence-corrected chi connectivity index (χ0v) is 22.4. The highest BCUT2D eigenvalue weighted by atomic mass is 16.4. The fourth-order valence-electron chi connectivity index (χ4n) is 5.83. The first kappa shape index (κ1) is 27.1. The average molecular weight is 503 g/mol. The highest BCUT2D eigenvalue weighted by molar-refractivity contribution is 6.08. The van der Waals surface area contributed by atoms with Gasteiger partial charge in [0.2, 0.25) is 0 Å². The molecule has 2 aromatic rings. The fraction of sp³-hybridized carbons (Fsp3) is 0.531. The van der Waals surface area contributed by atoms with Crippen molar-refractivity contribution in [2.75, 3.05) is 0 Å². The van der Waals surface area contributed by atoms with E-state index in [0.29, 0.717) is 17.7 Å². The highest BCUT2D eigenvalue weighted by Crippen LogP contribution is 2.36. The molecular weight excluding hydrogens is 460 g/mol. The molecule has 1 spiro atoms. The summed E-state index contributed by atoms with van der Waals surface area (Å²) < 4.78 is 0. The van der Waals surface area contributed by atoms with E-state index in [-0.39, 0.29) is 5.91 Å². The van der Waals surface area contributed by atoms with Gasteiger partial charge in [0.25, 0.3) is 5.91 Å². The lowest BCUT2D eigenvalue weighted by molar-refractivity contribution is -0.132. The van der Waals surface area contributed by atoms with Crippen LogP contribution in [0.4, 0.5) is 0 Å². The predicted octanol–water partition coefficient (Wildman–Crippen LogP) is 8.03. The maximum Gasteiger partial charge on any atom is 0.336 e. The second-order valence-electron chi connectivity index (χ2n) is 10.8. The number of carbonyl (C=O) groups excluding carboxylic acids is 1. The summed E-state index contributed by atoms with van der Waals surface area (Å²) in [6.07, 6.45) is 15.7. The van der Waals surface area contributed by atoms with Gasteiger partial charge in [-0.2, -0.15) is 0 Å². The first-order valence-electron chi connectivity index (χ1n) is 14.4. The maximum absolute atomic E-state index is 14.0. The van der Waals surface area contributed by atoms with Gasteiger partial charge >= 0.3 is 5.97 Å². The highest BCUT2D eigenvalue weighted by Gasteiger charge is 2.46.